The van der Waals surface area contributed by atoms with Crippen molar-refractivity contribution in [3.63, 3.8) is 0 Å². The molecular formula is C21H24N4O4. The third kappa shape index (κ3) is 5.10. The first-order valence-corrected chi connectivity index (χ1v) is 9.53. The molecule has 0 bridgehead atoms. The Morgan fingerprint density at radius 1 is 1.00 bits per heavy atom. The maximum Gasteiger partial charge on any atom is 0.338 e. The van der Waals surface area contributed by atoms with Crippen molar-refractivity contribution in [1.29, 1.82) is 0 Å². The number of nitrogens with one attached hydrogen (secondary N) is 1. The van der Waals surface area contributed by atoms with Gasteiger partial charge in [-0.15, -0.1) is 0 Å². The normalized spacial score (nSPS) is 13.7. The lowest BCUT2D eigenvalue weighted by Crippen LogP contribution is -2.50. The van der Waals surface area contributed by atoms with E-state index in [-0.39, 0.29) is 17.8 Å². The third-order valence-corrected chi connectivity index (χ3v) is 4.69. The molecule has 1 aliphatic heterocycles. The van der Waals surface area contributed by atoms with Crippen LogP contribution in [0.3, 0.4) is 0 Å². The van der Waals surface area contributed by atoms with Gasteiger partial charge in [-0.2, -0.15) is 0 Å². The Bertz CT molecular complexity index is 890. The summed E-state index contributed by atoms with van der Waals surface area (Å²) in [4.78, 5) is 43.7. The molecule has 2 aromatic rings. The predicted octanol–water partition coefficient (Wildman–Crippen LogP) is 2.31. The molecule has 0 saturated carbocycles. The number of hydrogen-bond acceptors (Lipinski definition) is 6. The van der Waals surface area contributed by atoms with Crippen molar-refractivity contribution in [2.24, 2.45) is 0 Å². The molecule has 8 nitrogen and oxygen atoms in total. The van der Waals surface area contributed by atoms with E-state index in [1.54, 1.807) is 59.3 Å². The summed E-state index contributed by atoms with van der Waals surface area (Å²) in [7, 11) is 0. The number of ether oxygens (including phenoxy) is 1. The summed E-state index contributed by atoms with van der Waals surface area (Å²) in [5, 5.41) is 3.14. The van der Waals surface area contributed by atoms with Crippen LogP contribution in [0, 0.1) is 0 Å². The zero-order chi connectivity index (χ0) is 20.8. The van der Waals surface area contributed by atoms with E-state index in [1.807, 2.05) is 0 Å². The van der Waals surface area contributed by atoms with Gasteiger partial charge >= 0.3 is 5.97 Å². The molecule has 0 radical (unpaired) electrons. The standard InChI is InChI=1S/C21H24N4O4/c1-3-29-21(28)16-4-6-18(7-5-16)23-19-14-17(8-9-22-19)20(27)25-12-10-24(11-13-25)15(2)26/h4-9,14H,3,10-13H2,1-2H3,(H,22,23). The zero-order valence-electron chi connectivity index (χ0n) is 16.6. The Labute approximate surface area is 169 Å². The minimum Gasteiger partial charge on any atom is -0.462 e. The summed E-state index contributed by atoms with van der Waals surface area (Å²) in [6, 6.07) is 10.2. The molecule has 0 aliphatic carbocycles. The second kappa shape index (κ2) is 9.18. The van der Waals surface area contributed by atoms with Crippen LogP contribution < -0.4 is 5.32 Å². The van der Waals surface area contributed by atoms with Crippen molar-refractivity contribution in [2.45, 2.75) is 13.8 Å². The van der Waals surface area contributed by atoms with E-state index in [0.29, 0.717) is 49.7 Å². The molecule has 8 heteroatoms. The third-order valence-electron chi connectivity index (χ3n) is 4.69. The molecule has 0 unspecified atom stereocenters. The van der Waals surface area contributed by atoms with Crippen molar-refractivity contribution >= 4 is 29.3 Å². The number of esters is 1. The Morgan fingerprint density at radius 2 is 1.66 bits per heavy atom. The average molecular weight is 396 g/mol. The van der Waals surface area contributed by atoms with Gasteiger partial charge in [0.1, 0.15) is 5.82 Å². The van der Waals surface area contributed by atoms with Crippen LogP contribution in [0.2, 0.25) is 0 Å². The second-order valence-corrected chi connectivity index (χ2v) is 6.65. The lowest BCUT2D eigenvalue weighted by atomic mass is 10.2. The topological polar surface area (TPSA) is 91.8 Å². The Kier molecular flexibility index (Phi) is 6.43. The maximum absolute atomic E-state index is 12.8. The maximum atomic E-state index is 12.8. The van der Waals surface area contributed by atoms with E-state index in [9.17, 15) is 14.4 Å². The molecule has 1 aromatic carbocycles. The van der Waals surface area contributed by atoms with Gasteiger partial charge in [0.15, 0.2) is 0 Å². The molecular weight excluding hydrogens is 372 g/mol. The van der Waals surface area contributed by atoms with E-state index in [2.05, 4.69) is 10.3 Å². The number of nitrogens with zero attached hydrogens (tertiary/aromatic N) is 3. The van der Waals surface area contributed by atoms with E-state index >= 15 is 0 Å². The lowest BCUT2D eigenvalue weighted by Gasteiger charge is -2.34. The van der Waals surface area contributed by atoms with Crippen molar-refractivity contribution in [3.05, 3.63) is 53.7 Å². The van der Waals surface area contributed by atoms with Gasteiger partial charge in [-0.25, -0.2) is 9.78 Å². The molecule has 0 spiro atoms. The fourth-order valence-corrected chi connectivity index (χ4v) is 3.09. The SMILES string of the molecule is CCOC(=O)c1ccc(Nc2cc(C(=O)N3CCN(C(C)=O)CC3)ccn2)cc1. The van der Waals surface area contributed by atoms with Gasteiger partial charge in [0, 0.05) is 50.6 Å². The minimum absolute atomic E-state index is 0.0291. The summed E-state index contributed by atoms with van der Waals surface area (Å²) < 4.78 is 4.97. The summed E-state index contributed by atoms with van der Waals surface area (Å²) in [6.07, 6.45) is 1.58. The van der Waals surface area contributed by atoms with E-state index < -0.39 is 0 Å². The van der Waals surface area contributed by atoms with Crippen molar-refractivity contribution in [2.75, 3.05) is 38.1 Å². The summed E-state index contributed by atoms with van der Waals surface area (Å²) in [5.74, 6) is 0.106. The van der Waals surface area contributed by atoms with E-state index in [4.69, 9.17) is 4.74 Å². The summed E-state index contributed by atoms with van der Waals surface area (Å²) >= 11 is 0. The number of aromatic nitrogens is 1. The molecule has 2 amide bonds. The highest BCUT2D eigenvalue weighted by Crippen LogP contribution is 2.18. The van der Waals surface area contributed by atoms with Crippen LogP contribution in [0.4, 0.5) is 11.5 Å². The van der Waals surface area contributed by atoms with E-state index in [0.717, 1.165) is 5.69 Å². The van der Waals surface area contributed by atoms with Crippen LogP contribution >= 0.6 is 0 Å². The smallest absolute Gasteiger partial charge is 0.338 e. The Balaban J connectivity index is 1.64. The van der Waals surface area contributed by atoms with Gasteiger partial charge in [-0.1, -0.05) is 0 Å². The van der Waals surface area contributed by atoms with Crippen LogP contribution in [0.15, 0.2) is 42.6 Å². The number of piperazine rings is 1. The second-order valence-electron chi connectivity index (χ2n) is 6.65. The minimum atomic E-state index is -0.366. The number of carbonyl (C=O) groups excluding carboxylic acids is 3. The van der Waals surface area contributed by atoms with Crippen molar-refractivity contribution < 1.29 is 19.1 Å². The van der Waals surface area contributed by atoms with Gasteiger partial charge in [0.25, 0.3) is 5.91 Å². The van der Waals surface area contributed by atoms with Gasteiger partial charge < -0.3 is 19.9 Å². The number of carbonyl (C=O) groups is 3. The molecule has 1 saturated heterocycles. The largest absolute Gasteiger partial charge is 0.462 e. The highest BCUT2D eigenvalue weighted by atomic mass is 16.5. The van der Waals surface area contributed by atoms with Gasteiger partial charge in [0.2, 0.25) is 5.91 Å². The van der Waals surface area contributed by atoms with Crippen LogP contribution in [0.5, 0.6) is 0 Å². The highest BCUT2D eigenvalue weighted by molar-refractivity contribution is 5.95. The number of benzene rings is 1. The number of amides is 2. The van der Waals surface area contributed by atoms with Gasteiger partial charge in [0.05, 0.1) is 12.2 Å². The fraction of sp³-hybridized carbons (Fsp3) is 0.333. The number of anilines is 2. The first-order valence-electron chi connectivity index (χ1n) is 9.53. The van der Waals surface area contributed by atoms with Crippen LogP contribution in [0.25, 0.3) is 0 Å². The van der Waals surface area contributed by atoms with Crippen molar-refractivity contribution in [3.8, 4) is 0 Å². The summed E-state index contributed by atoms with van der Waals surface area (Å²) in [5.41, 5.74) is 1.74. The Morgan fingerprint density at radius 3 is 2.28 bits per heavy atom. The molecule has 29 heavy (non-hydrogen) atoms. The highest BCUT2D eigenvalue weighted by Gasteiger charge is 2.23. The van der Waals surface area contributed by atoms with Crippen molar-refractivity contribution in [1.82, 2.24) is 14.8 Å². The van der Waals surface area contributed by atoms with Gasteiger partial charge in [-0.3, -0.25) is 9.59 Å². The first-order chi connectivity index (χ1) is 14.0. The molecule has 1 aromatic heterocycles. The molecule has 1 N–H and O–H groups in total. The first kappa shape index (κ1) is 20.3. The molecule has 2 heterocycles. The fourth-order valence-electron chi connectivity index (χ4n) is 3.09. The number of hydrogen-bond donors (Lipinski definition) is 1. The predicted molar refractivity (Wildman–Crippen MR) is 108 cm³/mol. The van der Waals surface area contributed by atoms with Crippen LogP contribution in [-0.2, 0) is 9.53 Å². The number of pyridine rings is 1. The van der Waals surface area contributed by atoms with Gasteiger partial charge in [-0.05, 0) is 43.3 Å². The summed E-state index contributed by atoms with van der Waals surface area (Å²) in [6.45, 7) is 5.74. The van der Waals surface area contributed by atoms with Crippen LogP contribution in [-0.4, -0.2) is 65.4 Å². The molecule has 3 rings (SSSR count). The monoisotopic (exact) mass is 396 g/mol. The Hall–Kier alpha value is -3.42. The zero-order valence-corrected chi connectivity index (χ0v) is 16.6. The molecule has 1 aliphatic rings. The average Bonchev–Trinajstić information content (AvgIpc) is 2.74. The lowest BCUT2D eigenvalue weighted by molar-refractivity contribution is -0.130. The van der Waals surface area contributed by atoms with E-state index in [1.165, 1.54) is 6.92 Å². The van der Waals surface area contributed by atoms with Crippen LogP contribution in [0.1, 0.15) is 34.6 Å². The molecule has 1 fully saturated rings. The molecule has 152 valence electrons. The quantitative estimate of drug-likeness (QED) is 0.780. The molecule has 0 atom stereocenters. The number of rotatable bonds is 5.